The SMILES string of the molecule is Cc1cncc(NC(=O)c2ccccc2C#CCCO)c1. The minimum Gasteiger partial charge on any atom is -0.395 e. The molecule has 0 saturated heterocycles. The summed E-state index contributed by atoms with van der Waals surface area (Å²) in [7, 11) is 0. The first-order valence-electron chi connectivity index (χ1n) is 6.62. The molecule has 0 spiro atoms. The lowest BCUT2D eigenvalue weighted by Gasteiger charge is -2.07. The standard InChI is InChI=1S/C17H16N2O2/c1-13-10-15(12-18-11-13)19-17(21)16-8-3-2-6-14(16)7-4-5-9-20/h2-3,6,8,10-12,20H,5,9H2,1H3,(H,19,21). The molecule has 0 atom stereocenters. The highest BCUT2D eigenvalue weighted by Crippen LogP contribution is 2.12. The van der Waals surface area contributed by atoms with Crippen molar-refractivity contribution in [3.8, 4) is 11.8 Å². The third-order valence-electron chi connectivity index (χ3n) is 2.76. The van der Waals surface area contributed by atoms with E-state index in [-0.39, 0.29) is 12.5 Å². The number of rotatable bonds is 3. The number of aliphatic hydroxyl groups excluding tert-OH is 1. The molecule has 0 unspecified atom stereocenters. The molecule has 0 radical (unpaired) electrons. The van der Waals surface area contributed by atoms with Gasteiger partial charge >= 0.3 is 0 Å². The lowest BCUT2D eigenvalue weighted by Crippen LogP contribution is -2.13. The molecule has 21 heavy (non-hydrogen) atoms. The number of hydrogen-bond acceptors (Lipinski definition) is 3. The van der Waals surface area contributed by atoms with Crippen LogP contribution >= 0.6 is 0 Å². The number of anilines is 1. The van der Waals surface area contributed by atoms with Gasteiger partial charge in [-0.25, -0.2) is 0 Å². The van der Waals surface area contributed by atoms with Gasteiger partial charge in [0.25, 0.3) is 5.91 Å². The Hall–Kier alpha value is -2.64. The molecule has 1 aromatic carbocycles. The van der Waals surface area contributed by atoms with E-state index in [1.165, 1.54) is 0 Å². The van der Waals surface area contributed by atoms with Gasteiger partial charge in [-0.15, -0.1) is 0 Å². The van der Waals surface area contributed by atoms with E-state index in [1.807, 2.05) is 19.1 Å². The van der Waals surface area contributed by atoms with Gasteiger partial charge in [-0.05, 0) is 30.7 Å². The van der Waals surface area contributed by atoms with E-state index >= 15 is 0 Å². The normalized spacial score (nSPS) is 9.62. The van der Waals surface area contributed by atoms with E-state index in [2.05, 4.69) is 22.1 Å². The summed E-state index contributed by atoms with van der Waals surface area (Å²) in [5.74, 6) is 5.51. The second-order valence-corrected chi connectivity index (χ2v) is 4.53. The lowest BCUT2D eigenvalue weighted by molar-refractivity contribution is 0.102. The van der Waals surface area contributed by atoms with Crippen molar-refractivity contribution in [2.75, 3.05) is 11.9 Å². The maximum Gasteiger partial charge on any atom is 0.256 e. The molecule has 0 aliphatic heterocycles. The van der Waals surface area contributed by atoms with Gasteiger partial charge in [0, 0.05) is 18.2 Å². The molecule has 1 aromatic heterocycles. The van der Waals surface area contributed by atoms with Crippen molar-refractivity contribution in [1.82, 2.24) is 4.98 Å². The van der Waals surface area contributed by atoms with E-state index < -0.39 is 0 Å². The number of benzene rings is 1. The highest BCUT2D eigenvalue weighted by atomic mass is 16.2. The van der Waals surface area contributed by atoms with Crippen LogP contribution in [0, 0.1) is 18.8 Å². The number of nitrogens with one attached hydrogen (secondary N) is 1. The van der Waals surface area contributed by atoms with Crippen molar-refractivity contribution in [2.45, 2.75) is 13.3 Å². The minimum atomic E-state index is -0.226. The van der Waals surface area contributed by atoms with Gasteiger partial charge in [0.05, 0.1) is 24.1 Å². The fourth-order valence-electron chi connectivity index (χ4n) is 1.83. The Morgan fingerprint density at radius 1 is 1.33 bits per heavy atom. The van der Waals surface area contributed by atoms with Gasteiger partial charge in [0.15, 0.2) is 0 Å². The summed E-state index contributed by atoms with van der Waals surface area (Å²) in [6.45, 7) is 1.92. The predicted octanol–water partition coefficient (Wildman–Crippen LogP) is 2.38. The minimum absolute atomic E-state index is 0.0102. The molecular formula is C17H16N2O2. The van der Waals surface area contributed by atoms with E-state index in [4.69, 9.17) is 5.11 Å². The third-order valence-corrected chi connectivity index (χ3v) is 2.76. The zero-order valence-corrected chi connectivity index (χ0v) is 11.8. The van der Waals surface area contributed by atoms with Crippen LogP contribution < -0.4 is 5.32 Å². The molecule has 2 rings (SSSR count). The molecule has 1 heterocycles. The Morgan fingerprint density at radius 2 is 2.14 bits per heavy atom. The van der Waals surface area contributed by atoms with E-state index in [1.54, 1.807) is 30.6 Å². The van der Waals surface area contributed by atoms with E-state index in [9.17, 15) is 4.79 Å². The third kappa shape index (κ3) is 4.16. The largest absolute Gasteiger partial charge is 0.395 e. The van der Waals surface area contributed by atoms with Gasteiger partial charge in [0.2, 0.25) is 0 Å². The Morgan fingerprint density at radius 3 is 2.90 bits per heavy atom. The maximum atomic E-state index is 12.3. The zero-order chi connectivity index (χ0) is 15.1. The number of aliphatic hydroxyl groups is 1. The highest BCUT2D eigenvalue weighted by Gasteiger charge is 2.10. The molecule has 0 fully saturated rings. The van der Waals surface area contributed by atoms with Crippen LogP contribution in [-0.4, -0.2) is 22.6 Å². The molecule has 4 heteroatoms. The number of carbonyl (C=O) groups is 1. The summed E-state index contributed by atoms with van der Waals surface area (Å²) in [5.41, 5.74) is 2.77. The average Bonchev–Trinajstić information content (AvgIpc) is 2.48. The first-order valence-corrected chi connectivity index (χ1v) is 6.62. The Kier molecular flexibility index (Phi) is 5.08. The predicted molar refractivity (Wildman–Crippen MR) is 82.0 cm³/mol. The molecule has 0 aliphatic carbocycles. The molecule has 0 bridgehead atoms. The molecule has 0 aliphatic rings. The molecule has 106 valence electrons. The smallest absolute Gasteiger partial charge is 0.256 e. The van der Waals surface area contributed by atoms with Gasteiger partial charge in [-0.1, -0.05) is 24.0 Å². The number of nitrogens with zero attached hydrogens (tertiary/aromatic N) is 1. The number of amides is 1. The zero-order valence-electron chi connectivity index (χ0n) is 11.8. The second kappa shape index (κ2) is 7.22. The molecular weight excluding hydrogens is 264 g/mol. The number of carbonyl (C=O) groups excluding carboxylic acids is 1. The Balaban J connectivity index is 2.22. The van der Waals surface area contributed by atoms with Crippen LogP contribution in [-0.2, 0) is 0 Å². The monoisotopic (exact) mass is 280 g/mol. The van der Waals surface area contributed by atoms with Crippen molar-refractivity contribution in [3.05, 3.63) is 59.4 Å². The van der Waals surface area contributed by atoms with Gasteiger partial charge in [-0.3, -0.25) is 9.78 Å². The van der Waals surface area contributed by atoms with Crippen LogP contribution in [0.15, 0.2) is 42.7 Å². The molecule has 4 nitrogen and oxygen atoms in total. The van der Waals surface area contributed by atoms with Crippen molar-refractivity contribution in [2.24, 2.45) is 0 Å². The summed E-state index contributed by atoms with van der Waals surface area (Å²) in [6.07, 6.45) is 3.71. The topological polar surface area (TPSA) is 62.2 Å². The van der Waals surface area contributed by atoms with Gasteiger partial charge < -0.3 is 10.4 Å². The molecule has 0 saturated carbocycles. The quantitative estimate of drug-likeness (QED) is 0.849. The Bertz CT molecular complexity index is 699. The first kappa shape index (κ1) is 14.8. The molecule has 2 aromatic rings. The number of hydrogen-bond donors (Lipinski definition) is 2. The average molecular weight is 280 g/mol. The highest BCUT2D eigenvalue weighted by molar-refractivity contribution is 6.05. The first-order chi connectivity index (χ1) is 10.2. The maximum absolute atomic E-state index is 12.3. The number of aromatic nitrogens is 1. The molecule has 1 amide bonds. The van der Waals surface area contributed by atoms with E-state index in [0.717, 1.165) is 5.56 Å². The second-order valence-electron chi connectivity index (χ2n) is 4.53. The summed E-state index contributed by atoms with van der Waals surface area (Å²) in [6, 6.07) is 8.98. The van der Waals surface area contributed by atoms with Crippen molar-refractivity contribution in [1.29, 1.82) is 0 Å². The van der Waals surface area contributed by atoms with Crippen LogP contribution in [0.25, 0.3) is 0 Å². The van der Waals surface area contributed by atoms with Crippen LogP contribution in [0.1, 0.15) is 27.9 Å². The summed E-state index contributed by atoms with van der Waals surface area (Å²) < 4.78 is 0. The van der Waals surface area contributed by atoms with Gasteiger partial charge in [0.1, 0.15) is 0 Å². The van der Waals surface area contributed by atoms with Crippen molar-refractivity contribution >= 4 is 11.6 Å². The van der Waals surface area contributed by atoms with Crippen LogP contribution in [0.3, 0.4) is 0 Å². The van der Waals surface area contributed by atoms with Gasteiger partial charge in [-0.2, -0.15) is 0 Å². The fourth-order valence-corrected chi connectivity index (χ4v) is 1.83. The van der Waals surface area contributed by atoms with Crippen LogP contribution in [0.5, 0.6) is 0 Å². The summed E-state index contributed by atoms with van der Waals surface area (Å²) in [5, 5.41) is 11.6. The van der Waals surface area contributed by atoms with Crippen molar-refractivity contribution in [3.63, 3.8) is 0 Å². The fraction of sp³-hybridized carbons (Fsp3) is 0.176. The summed E-state index contributed by atoms with van der Waals surface area (Å²) in [4.78, 5) is 16.4. The van der Waals surface area contributed by atoms with E-state index in [0.29, 0.717) is 23.2 Å². The number of pyridine rings is 1. The molecule has 2 N–H and O–H groups in total. The lowest BCUT2D eigenvalue weighted by atomic mass is 10.1. The van der Waals surface area contributed by atoms with Crippen LogP contribution in [0.2, 0.25) is 0 Å². The van der Waals surface area contributed by atoms with Crippen LogP contribution in [0.4, 0.5) is 5.69 Å². The summed E-state index contributed by atoms with van der Waals surface area (Å²) >= 11 is 0. The Labute approximate surface area is 123 Å². The number of aryl methyl sites for hydroxylation is 1. The van der Waals surface area contributed by atoms with Crippen molar-refractivity contribution < 1.29 is 9.90 Å².